The fourth-order valence-corrected chi connectivity index (χ4v) is 6.63. The van der Waals surface area contributed by atoms with Crippen molar-refractivity contribution in [3.8, 4) is 0 Å². The number of carbonyl (C=O) groups excluding carboxylic acids is 1. The third-order valence-corrected chi connectivity index (χ3v) is 9.08. The van der Waals surface area contributed by atoms with Crippen molar-refractivity contribution in [1.29, 1.82) is 0 Å². The number of cyclic esters (lactones) is 1. The van der Waals surface area contributed by atoms with Crippen LogP contribution in [0.25, 0.3) is 10.9 Å². The number of esters is 1. The van der Waals surface area contributed by atoms with Gasteiger partial charge in [0.1, 0.15) is 0 Å². The van der Waals surface area contributed by atoms with Crippen molar-refractivity contribution in [3.63, 3.8) is 0 Å². The van der Waals surface area contributed by atoms with Crippen molar-refractivity contribution in [2.75, 3.05) is 32.7 Å². The lowest BCUT2D eigenvalue weighted by atomic mass is 9.76. The predicted octanol–water partition coefficient (Wildman–Crippen LogP) is 8.05. The maximum atomic E-state index is 13.7. The summed E-state index contributed by atoms with van der Waals surface area (Å²) < 4.78 is 14.0. The average molecular weight is 592 g/mol. The molecular weight excluding hydrogens is 566 g/mol. The Morgan fingerprint density at radius 1 is 0.947 bits per heavy atom. The Hall–Kier alpha value is -2.41. The highest BCUT2D eigenvalue weighted by atomic mass is 35.5. The van der Waals surface area contributed by atoms with Crippen LogP contribution >= 0.6 is 46.4 Å². The molecule has 38 heavy (non-hydrogen) atoms. The molecule has 0 saturated carbocycles. The normalized spacial score (nSPS) is 16.7. The van der Waals surface area contributed by atoms with Crippen molar-refractivity contribution < 1.29 is 14.3 Å². The second kappa shape index (κ2) is 9.96. The molecule has 1 aliphatic heterocycles. The van der Waals surface area contributed by atoms with Crippen molar-refractivity contribution in [2.45, 2.75) is 26.0 Å². The van der Waals surface area contributed by atoms with E-state index in [0.717, 1.165) is 39.0 Å². The molecule has 9 heteroatoms. The first-order valence-corrected chi connectivity index (χ1v) is 13.5. The van der Waals surface area contributed by atoms with E-state index in [1.165, 1.54) is 0 Å². The molecular formula is C29H26Cl4N2O3. The summed E-state index contributed by atoms with van der Waals surface area (Å²) in [6, 6.07) is 14.0. The molecule has 4 aromatic rings. The number of halogens is 4. The Morgan fingerprint density at radius 3 is 2.29 bits per heavy atom. The van der Waals surface area contributed by atoms with Gasteiger partial charge in [0.15, 0.2) is 5.60 Å². The summed E-state index contributed by atoms with van der Waals surface area (Å²) in [6.45, 7) is 5.11. The molecule has 1 atom stereocenters. The molecule has 1 unspecified atom stereocenters. The van der Waals surface area contributed by atoms with Crippen molar-refractivity contribution in [3.05, 3.63) is 96.1 Å². The van der Waals surface area contributed by atoms with Gasteiger partial charge in [-0.15, -0.1) is 0 Å². The predicted molar refractivity (Wildman–Crippen MR) is 156 cm³/mol. The Morgan fingerprint density at radius 2 is 1.63 bits per heavy atom. The van der Waals surface area contributed by atoms with Gasteiger partial charge in [0.05, 0.1) is 32.3 Å². The molecule has 5 nitrogen and oxygen atoms in total. The smallest absolute Gasteiger partial charge is 0.341 e. The van der Waals surface area contributed by atoms with Gasteiger partial charge in [0.2, 0.25) is 0 Å². The number of benzene rings is 3. The SMILES string of the molecule is COCCn1c(C)c(C2(c3ccc(N(C)C)cc3C)OC(=O)c3c(Cl)c(Cl)c(Cl)c(Cl)c32)c2ccccc21. The van der Waals surface area contributed by atoms with Gasteiger partial charge in [-0.1, -0.05) is 70.7 Å². The lowest BCUT2D eigenvalue weighted by Crippen LogP contribution is -2.32. The van der Waals surface area contributed by atoms with E-state index in [-0.39, 0.29) is 25.7 Å². The molecule has 0 spiro atoms. The van der Waals surface area contributed by atoms with Crippen LogP contribution in [-0.4, -0.2) is 38.3 Å². The Balaban J connectivity index is 1.99. The van der Waals surface area contributed by atoms with E-state index in [1.54, 1.807) is 7.11 Å². The number of ether oxygens (including phenoxy) is 2. The lowest BCUT2D eigenvalue weighted by Gasteiger charge is -2.33. The van der Waals surface area contributed by atoms with Crippen LogP contribution in [0.15, 0.2) is 42.5 Å². The number of aryl methyl sites for hydroxylation is 1. The molecule has 3 aromatic carbocycles. The average Bonchev–Trinajstić information content (AvgIpc) is 3.35. The number of hydrogen-bond acceptors (Lipinski definition) is 4. The van der Waals surface area contributed by atoms with Gasteiger partial charge in [0.25, 0.3) is 0 Å². The largest absolute Gasteiger partial charge is 0.440 e. The molecule has 0 fully saturated rings. The third kappa shape index (κ3) is 3.82. The summed E-state index contributed by atoms with van der Waals surface area (Å²) >= 11 is 26.6. The second-order valence-electron chi connectivity index (χ2n) is 9.59. The van der Waals surface area contributed by atoms with Crippen LogP contribution in [0.4, 0.5) is 5.69 Å². The van der Waals surface area contributed by atoms with Crippen LogP contribution < -0.4 is 4.90 Å². The third-order valence-electron chi connectivity index (χ3n) is 7.28. The standard InChI is InChI=1S/C29H26Cl4N2O3/c1-15-14-17(34(3)4)10-11-19(15)29(23-21(28(36)38-29)24(30)26(32)27(33)25(23)31)22-16(2)35(12-13-37-5)20-9-7-6-8-18(20)22/h6-11,14H,12-13H2,1-5H3. The summed E-state index contributed by atoms with van der Waals surface area (Å²) in [5.41, 5.74) is 4.41. The highest BCUT2D eigenvalue weighted by Gasteiger charge is 2.55. The molecule has 0 saturated heterocycles. The number of anilines is 1. The number of rotatable bonds is 6. The number of para-hydroxylation sites is 1. The van der Waals surface area contributed by atoms with Gasteiger partial charge >= 0.3 is 5.97 Å². The van der Waals surface area contributed by atoms with E-state index in [1.807, 2.05) is 69.2 Å². The van der Waals surface area contributed by atoms with E-state index in [0.29, 0.717) is 18.7 Å². The zero-order chi connectivity index (χ0) is 27.5. The first-order valence-electron chi connectivity index (χ1n) is 12.0. The minimum Gasteiger partial charge on any atom is -0.440 e. The Kier molecular flexibility index (Phi) is 7.12. The number of aromatic nitrogens is 1. The quantitative estimate of drug-likeness (QED) is 0.129. The molecule has 2 heterocycles. The minimum absolute atomic E-state index is 0.0174. The second-order valence-corrected chi connectivity index (χ2v) is 11.1. The fourth-order valence-electron chi connectivity index (χ4n) is 5.56. The summed E-state index contributed by atoms with van der Waals surface area (Å²) in [6.07, 6.45) is 0. The zero-order valence-corrected chi connectivity index (χ0v) is 24.6. The van der Waals surface area contributed by atoms with Gasteiger partial charge < -0.3 is 18.9 Å². The van der Waals surface area contributed by atoms with E-state index < -0.39 is 11.6 Å². The van der Waals surface area contributed by atoms with Crippen LogP contribution in [0.3, 0.4) is 0 Å². The van der Waals surface area contributed by atoms with E-state index in [9.17, 15) is 4.79 Å². The van der Waals surface area contributed by atoms with Gasteiger partial charge in [-0.3, -0.25) is 0 Å². The number of hydrogen-bond donors (Lipinski definition) is 0. The lowest BCUT2D eigenvalue weighted by molar-refractivity contribution is 0.0252. The maximum Gasteiger partial charge on any atom is 0.341 e. The molecule has 0 N–H and O–H groups in total. The van der Waals surface area contributed by atoms with Gasteiger partial charge in [-0.05, 0) is 37.6 Å². The van der Waals surface area contributed by atoms with Crippen molar-refractivity contribution in [2.24, 2.45) is 0 Å². The van der Waals surface area contributed by atoms with E-state index >= 15 is 0 Å². The molecule has 5 rings (SSSR count). The first-order chi connectivity index (χ1) is 18.1. The molecule has 0 aliphatic carbocycles. The maximum absolute atomic E-state index is 13.7. The van der Waals surface area contributed by atoms with Gasteiger partial charge in [0, 0.05) is 66.7 Å². The number of carbonyl (C=O) groups is 1. The molecule has 0 bridgehead atoms. The Labute approximate surface area is 241 Å². The first kappa shape index (κ1) is 27.2. The highest BCUT2D eigenvalue weighted by molar-refractivity contribution is 6.53. The minimum atomic E-state index is -1.43. The van der Waals surface area contributed by atoms with Crippen molar-refractivity contribution >= 4 is 69.0 Å². The molecule has 0 amide bonds. The molecule has 198 valence electrons. The van der Waals surface area contributed by atoms with E-state index in [4.69, 9.17) is 55.9 Å². The van der Waals surface area contributed by atoms with Gasteiger partial charge in [-0.2, -0.15) is 0 Å². The molecule has 1 aromatic heterocycles. The Bertz CT molecular complexity index is 1610. The van der Waals surface area contributed by atoms with Gasteiger partial charge in [-0.25, -0.2) is 4.79 Å². The highest BCUT2D eigenvalue weighted by Crippen LogP contribution is 2.57. The van der Waals surface area contributed by atoms with Crippen LogP contribution in [0.5, 0.6) is 0 Å². The van der Waals surface area contributed by atoms with Crippen LogP contribution in [0.1, 0.15) is 38.3 Å². The van der Waals surface area contributed by atoms with Crippen LogP contribution in [0.2, 0.25) is 20.1 Å². The fraction of sp³-hybridized carbons (Fsp3) is 0.276. The summed E-state index contributed by atoms with van der Waals surface area (Å²) in [7, 11) is 5.61. The van der Waals surface area contributed by atoms with Crippen LogP contribution in [0, 0.1) is 13.8 Å². The summed E-state index contributed by atoms with van der Waals surface area (Å²) in [4.78, 5) is 15.7. The monoisotopic (exact) mass is 590 g/mol. The summed E-state index contributed by atoms with van der Waals surface area (Å²) in [5.74, 6) is -0.616. The number of fused-ring (bicyclic) bond motifs is 2. The number of methoxy groups -OCH3 is 1. The topological polar surface area (TPSA) is 43.7 Å². The zero-order valence-electron chi connectivity index (χ0n) is 21.6. The van der Waals surface area contributed by atoms with Crippen LogP contribution in [-0.2, 0) is 21.6 Å². The molecule has 1 aliphatic rings. The molecule has 0 radical (unpaired) electrons. The number of nitrogens with zero attached hydrogens (tertiary/aromatic N) is 2. The van der Waals surface area contributed by atoms with Crippen molar-refractivity contribution in [1.82, 2.24) is 4.57 Å². The summed E-state index contributed by atoms with van der Waals surface area (Å²) in [5, 5.41) is 1.15. The van der Waals surface area contributed by atoms with E-state index in [2.05, 4.69) is 10.6 Å².